The van der Waals surface area contributed by atoms with Gasteiger partial charge in [0, 0.05) is 0 Å². The molecular formula is C13H17BrOSeSi. The summed E-state index contributed by atoms with van der Waals surface area (Å²) >= 11 is 3.80. The molecule has 0 saturated heterocycles. The number of rotatable bonds is 4. The molecule has 1 rings (SSSR count). The second kappa shape index (κ2) is 6.14. The molecule has 1 aromatic rings. The zero-order chi connectivity index (χ0) is 13.1. The van der Waals surface area contributed by atoms with Gasteiger partial charge in [0.25, 0.3) is 0 Å². The third kappa shape index (κ3) is 4.55. The quantitative estimate of drug-likeness (QED) is 0.439. The maximum atomic E-state index is 12.1. The van der Waals surface area contributed by atoms with E-state index in [1.165, 1.54) is 4.09 Å². The zero-order valence-corrected chi connectivity index (χ0v) is 14.9. The van der Waals surface area contributed by atoms with Crippen LogP contribution in [-0.4, -0.2) is 28.8 Å². The third-order valence-electron chi connectivity index (χ3n) is 2.35. The predicted molar refractivity (Wildman–Crippen MR) is 81.5 cm³/mol. The Labute approximate surface area is 119 Å². The first kappa shape index (κ1) is 14.9. The molecule has 0 heterocycles. The fraction of sp³-hybridized carbons (Fsp3) is 0.308. The first-order valence-corrected chi connectivity index (χ1v) is 12.3. The molecule has 1 aromatic carbocycles. The first-order chi connectivity index (χ1) is 7.84. The van der Waals surface area contributed by atoms with E-state index in [0.29, 0.717) is 15.0 Å². The molecule has 0 spiro atoms. The number of benzene rings is 1. The zero-order valence-electron chi connectivity index (χ0n) is 10.6. The summed E-state index contributed by atoms with van der Waals surface area (Å²) in [7, 11) is -1.33. The molecule has 1 nitrogen and oxygen atoms in total. The maximum absolute atomic E-state index is 12.1. The minimum absolute atomic E-state index is 0.138. The molecule has 0 aliphatic rings. The second-order valence-corrected chi connectivity index (χ2v) is 13.4. The molecule has 0 aromatic heterocycles. The van der Waals surface area contributed by atoms with Crippen LogP contribution in [0.5, 0.6) is 0 Å². The van der Waals surface area contributed by atoms with Gasteiger partial charge < -0.3 is 0 Å². The van der Waals surface area contributed by atoms with E-state index in [-0.39, 0.29) is 5.78 Å². The fourth-order valence-electron chi connectivity index (χ4n) is 1.40. The summed E-state index contributed by atoms with van der Waals surface area (Å²) in [6.07, 6.45) is 1.87. The molecule has 92 valence electrons. The topological polar surface area (TPSA) is 17.1 Å². The third-order valence-corrected chi connectivity index (χ3v) is 10.6. The van der Waals surface area contributed by atoms with Crippen LogP contribution in [0.3, 0.4) is 0 Å². The van der Waals surface area contributed by atoms with Crippen molar-refractivity contribution >= 4 is 44.7 Å². The van der Waals surface area contributed by atoms with Gasteiger partial charge in [-0.05, 0) is 0 Å². The fourth-order valence-corrected chi connectivity index (χ4v) is 7.17. The van der Waals surface area contributed by atoms with Crippen molar-refractivity contribution in [1.82, 2.24) is 0 Å². The standard InChI is InChI=1S/C13H17BrOSeSi/c1-16-13(17(2,3)4)9-12(15)10-5-7-11(14)8-6-10/h5-9H,1-4H3/b13-9+. The average molecular weight is 376 g/mol. The Hall–Kier alpha value is -0.154. The molecule has 0 bridgehead atoms. The summed E-state index contributed by atoms with van der Waals surface area (Å²) in [5, 5.41) is 0. The van der Waals surface area contributed by atoms with Crippen molar-refractivity contribution in [3.05, 3.63) is 44.5 Å². The molecule has 0 unspecified atom stereocenters. The van der Waals surface area contributed by atoms with Crippen molar-refractivity contribution < 1.29 is 4.79 Å². The van der Waals surface area contributed by atoms with Crippen molar-refractivity contribution in [1.29, 1.82) is 0 Å². The summed E-state index contributed by atoms with van der Waals surface area (Å²) in [4.78, 5) is 12.1. The van der Waals surface area contributed by atoms with E-state index in [9.17, 15) is 4.79 Å². The number of halogens is 1. The van der Waals surface area contributed by atoms with Gasteiger partial charge in [-0.15, -0.1) is 0 Å². The van der Waals surface area contributed by atoms with Crippen LogP contribution < -0.4 is 0 Å². The molecule has 0 amide bonds. The first-order valence-electron chi connectivity index (χ1n) is 5.40. The van der Waals surface area contributed by atoms with Gasteiger partial charge in [-0.2, -0.15) is 0 Å². The van der Waals surface area contributed by atoms with Gasteiger partial charge in [-0.3, -0.25) is 0 Å². The van der Waals surface area contributed by atoms with Gasteiger partial charge in [-0.1, -0.05) is 0 Å². The Morgan fingerprint density at radius 1 is 1.24 bits per heavy atom. The molecule has 4 heteroatoms. The summed E-state index contributed by atoms with van der Waals surface area (Å²) in [5.74, 6) is 2.32. The molecule has 0 N–H and O–H groups in total. The van der Waals surface area contributed by atoms with Gasteiger partial charge in [-0.25, -0.2) is 0 Å². The van der Waals surface area contributed by atoms with E-state index in [2.05, 4.69) is 41.4 Å². The predicted octanol–water partition coefficient (Wildman–Crippen LogP) is 4.15. The van der Waals surface area contributed by atoms with Crippen LogP contribution in [0.1, 0.15) is 10.4 Å². The summed E-state index contributed by atoms with van der Waals surface area (Å²) in [6.45, 7) is 6.87. The molecule has 0 aliphatic carbocycles. The van der Waals surface area contributed by atoms with E-state index in [0.717, 1.165) is 10.0 Å². The van der Waals surface area contributed by atoms with Crippen LogP contribution in [-0.2, 0) is 0 Å². The van der Waals surface area contributed by atoms with Gasteiger partial charge in [0.05, 0.1) is 0 Å². The van der Waals surface area contributed by atoms with E-state index in [1.807, 2.05) is 30.3 Å². The minimum atomic E-state index is -1.33. The van der Waals surface area contributed by atoms with Crippen LogP contribution in [0.2, 0.25) is 25.5 Å². The summed E-state index contributed by atoms with van der Waals surface area (Å²) in [6, 6.07) is 7.56. The molecular weight excluding hydrogens is 359 g/mol. The SMILES string of the molecule is C[Se]/C(=C\C(=O)c1ccc(Br)cc1)[Si](C)(C)C. The monoisotopic (exact) mass is 376 g/mol. The van der Waals surface area contributed by atoms with Crippen molar-refractivity contribution in [2.75, 3.05) is 0 Å². The Kier molecular flexibility index (Phi) is 5.39. The second-order valence-electron chi connectivity index (χ2n) is 4.83. The van der Waals surface area contributed by atoms with Crippen molar-refractivity contribution in [2.45, 2.75) is 25.5 Å². The van der Waals surface area contributed by atoms with Crippen molar-refractivity contribution in [2.24, 2.45) is 0 Å². The number of allylic oxidation sites excluding steroid dienone is 1. The number of ketones is 1. The van der Waals surface area contributed by atoms with E-state index >= 15 is 0 Å². The Bertz CT molecular complexity index is 432. The van der Waals surface area contributed by atoms with Crippen LogP contribution in [0.25, 0.3) is 0 Å². The van der Waals surface area contributed by atoms with Crippen LogP contribution in [0.4, 0.5) is 0 Å². The molecule has 0 aliphatic heterocycles. The van der Waals surface area contributed by atoms with Crippen molar-refractivity contribution in [3.8, 4) is 0 Å². The Morgan fingerprint density at radius 3 is 2.18 bits per heavy atom. The van der Waals surface area contributed by atoms with Gasteiger partial charge >= 0.3 is 119 Å². The normalized spacial score (nSPS) is 12.6. The molecule has 0 atom stereocenters. The van der Waals surface area contributed by atoms with Crippen LogP contribution in [0, 0.1) is 0 Å². The van der Waals surface area contributed by atoms with E-state index < -0.39 is 8.07 Å². The van der Waals surface area contributed by atoms with E-state index in [4.69, 9.17) is 0 Å². The van der Waals surface area contributed by atoms with Gasteiger partial charge in [0.1, 0.15) is 0 Å². The van der Waals surface area contributed by atoms with Gasteiger partial charge in [0.15, 0.2) is 0 Å². The summed E-state index contributed by atoms with van der Waals surface area (Å²) in [5.41, 5.74) is 0.771. The number of hydrogen-bond donors (Lipinski definition) is 0. The Morgan fingerprint density at radius 2 is 1.76 bits per heavy atom. The number of carbonyl (C=O) groups excluding carboxylic acids is 1. The van der Waals surface area contributed by atoms with Crippen LogP contribution >= 0.6 is 15.9 Å². The Balaban J connectivity index is 2.98. The van der Waals surface area contributed by atoms with Crippen LogP contribution in [0.15, 0.2) is 38.9 Å². The summed E-state index contributed by atoms with van der Waals surface area (Å²) < 4.78 is 2.39. The number of carbonyl (C=O) groups is 1. The van der Waals surface area contributed by atoms with Gasteiger partial charge in [0.2, 0.25) is 0 Å². The van der Waals surface area contributed by atoms with E-state index in [1.54, 1.807) is 0 Å². The molecule has 17 heavy (non-hydrogen) atoms. The average Bonchev–Trinajstić information content (AvgIpc) is 2.24. The molecule has 0 saturated carbocycles. The molecule has 0 fully saturated rings. The van der Waals surface area contributed by atoms with Crippen molar-refractivity contribution in [3.63, 3.8) is 0 Å². The molecule has 0 radical (unpaired) electrons. The number of hydrogen-bond acceptors (Lipinski definition) is 1.